The van der Waals surface area contributed by atoms with Crippen molar-refractivity contribution in [2.75, 3.05) is 0 Å². The molecule has 2 aliphatic heterocycles. The van der Waals surface area contributed by atoms with E-state index in [1.807, 2.05) is 24.3 Å². The van der Waals surface area contributed by atoms with E-state index in [1.165, 1.54) is 23.6 Å². The number of halogens is 2. The fourth-order valence-corrected chi connectivity index (χ4v) is 4.55. The smallest absolute Gasteiger partial charge is 0.387 e. The number of piperidine rings is 1. The van der Waals surface area contributed by atoms with Gasteiger partial charge in [0, 0.05) is 24.4 Å². The van der Waals surface area contributed by atoms with Crippen LogP contribution in [0.25, 0.3) is 0 Å². The molecule has 28 heavy (non-hydrogen) atoms. The predicted molar refractivity (Wildman–Crippen MR) is 99.7 cm³/mol. The molecule has 0 aliphatic carbocycles. The van der Waals surface area contributed by atoms with Gasteiger partial charge in [-0.3, -0.25) is 14.9 Å². The lowest BCUT2D eigenvalue weighted by Crippen LogP contribution is -2.39. The highest BCUT2D eigenvalue weighted by atomic mass is 32.2. The first-order chi connectivity index (χ1) is 13.5. The number of hydrogen-bond acceptors (Lipinski definition) is 5. The molecule has 2 aromatic rings. The molecule has 2 aromatic carbocycles. The molecule has 0 bridgehead atoms. The number of nitrogens with zero attached hydrogens (tertiary/aromatic N) is 1. The molecule has 8 heteroatoms. The second kappa shape index (κ2) is 7.89. The van der Waals surface area contributed by atoms with Crippen LogP contribution in [0, 0.1) is 0 Å². The minimum Gasteiger partial charge on any atom is -0.435 e. The average molecular weight is 404 g/mol. The summed E-state index contributed by atoms with van der Waals surface area (Å²) in [6.45, 7) is -1.45. The van der Waals surface area contributed by atoms with E-state index in [-0.39, 0.29) is 23.5 Å². The van der Waals surface area contributed by atoms with Gasteiger partial charge in [-0.25, -0.2) is 4.31 Å². The number of imide groups is 1. The van der Waals surface area contributed by atoms with E-state index in [0.717, 1.165) is 22.6 Å². The van der Waals surface area contributed by atoms with Crippen molar-refractivity contribution in [3.8, 4) is 5.75 Å². The van der Waals surface area contributed by atoms with Crippen molar-refractivity contribution in [2.45, 2.75) is 43.4 Å². The fraction of sp³-hybridized carbons (Fsp3) is 0.300. The summed E-state index contributed by atoms with van der Waals surface area (Å²) in [6, 6.07) is 12.6. The number of carbonyl (C=O) groups excluding carboxylic acids is 2. The van der Waals surface area contributed by atoms with Gasteiger partial charge >= 0.3 is 6.61 Å². The van der Waals surface area contributed by atoms with Gasteiger partial charge in [-0.1, -0.05) is 24.3 Å². The van der Waals surface area contributed by atoms with Crippen LogP contribution in [0.5, 0.6) is 5.75 Å². The fourth-order valence-electron chi connectivity index (χ4n) is 3.53. The van der Waals surface area contributed by atoms with Crippen LogP contribution in [0.15, 0.2) is 47.4 Å². The van der Waals surface area contributed by atoms with Gasteiger partial charge in [0.15, 0.2) is 0 Å². The van der Waals surface area contributed by atoms with Crippen LogP contribution in [0.3, 0.4) is 0 Å². The summed E-state index contributed by atoms with van der Waals surface area (Å²) in [5.74, 6) is -0.621. The highest BCUT2D eigenvalue weighted by molar-refractivity contribution is 7.97. The Balaban J connectivity index is 1.44. The first kappa shape index (κ1) is 18.9. The SMILES string of the molecule is O=C1CCC(c2ccc3c(c2)CN(Sc2cccc(OC(F)F)c2)C3)C(=O)N1. The van der Waals surface area contributed by atoms with Crippen molar-refractivity contribution in [1.82, 2.24) is 9.62 Å². The number of nitrogens with one attached hydrogen (secondary N) is 1. The van der Waals surface area contributed by atoms with Crippen molar-refractivity contribution < 1.29 is 23.1 Å². The van der Waals surface area contributed by atoms with Gasteiger partial charge in [0.1, 0.15) is 5.75 Å². The molecule has 0 aromatic heterocycles. The van der Waals surface area contributed by atoms with E-state index in [0.29, 0.717) is 19.4 Å². The number of benzene rings is 2. The Morgan fingerprint density at radius 3 is 2.71 bits per heavy atom. The van der Waals surface area contributed by atoms with Gasteiger partial charge in [0.05, 0.1) is 5.92 Å². The molecule has 1 fully saturated rings. The number of rotatable bonds is 5. The van der Waals surface area contributed by atoms with Gasteiger partial charge < -0.3 is 4.74 Å². The number of hydrogen-bond donors (Lipinski definition) is 1. The standard InChI is InChI=1S/C20H18F2N2O3S/c21-20(22)27-15-2-1-3-16(9-15)28-24-10-13-5-4-12(8-14(13)11-24)17-6-7-18(25)23-19(17)26/h1-5,8-9,17,20H,6-7,10-11H2,(H,23,25,26). The maximum atomic E-state index is 12.4. The van der Waals surface area contributed by atoms with Crippen LogP contribution in [0.1, 0.15) is 35.4 Å². The molecule has 1 saturated heterocycles. The number of amides is 2. The summed E-state index contributed by atoms with van der Waals surface area (Å²) >= 11 is 1.48. The second-order valence-corrected chi connectivity index (χ2v) is 7.94. The largest absolute Gasteiger partial charge is 0.435 e. The molecule has 1 unspecified atom stereocenters. The zero-order chi connectivity index (χ0) is 19.7. The van der Waals surface area contributed by atoms with Gasteiger partial charge in [0.25, 0.3) is 0 Å². The van der Waals surface area contributed by atoms with Gasteiger partial charge in [-0.05, 0) is 53.3 Å². The summed E-state index contributed by atoms with van der Waals surface area (Å²) in [7, 11) is 0. The Morgan fingerprint density at radius 2 is 1.93 bits per heavy atom. The van der Waals surface area contributed by atoms with Gasteiger partial charge in [-0.2, -0.15) is 8.78 Å². The van der Waals surface area contributed by atoms with E-state index in [1.54, 1.807) is 12.1 Å². The van der Waals surface area contributed by atoms with Crippen LogP contribution in [0.4, 0.5) is 8.78 Å². The van der Waals surface area contributed by atoms with Crippen molar-refractivity contribution in [2.24, 2.45) is 0 Å². The zero-order valence-corrected chi connectivity index (χ0v) is 15.7. The van der Waals surface area contributed by atoms with Crippen molar-refractivity contribution >= 4 is 23.8 Å². The summed E-state index contributed by atoms with van der Waals surface area (Å²) < 4.78 is 31.4. The first-order valence-corrected chi connectivity index (χ1v) is 9.68. The van der Waals surface area contributed by atoms with Gasteiger partial charge in [0.2, 0.25) is 11.8 Å². The Kier molecular flexibility index (Phi) is 5.32. The molecule has 0 spiro atoms. The normalized spacial score (nSPS) is 19.6. The van der Waals surface area contributed by atoms with E-state index in [9.17, 15) is 18.4 Å². The van der Waals surface area contributed by atoms with Crippen LogP contribution in [0.2, 0.25) is 0 Å². The lowest BCUT2D eigenvalue weighted by Gasteiger charge is -2.21. The molecule has 1 atom stereocenters. The highest BCUT2D eigenvalue weighted by Crippen LogP contribution is 2.36. The Hall–Kier alpha value is -2.45. The maximum absolute atomic E-state index is 12.4. The second-order valence-electron chi connectivity index (χ2n) is 6.77. The molecule has 4 rings (SSSR count). The third kappa shape index (κ3) is 4.18. The molecule has 0 radical (unpaired) electrons. The molecule has 2 amide bonds. The summed E-state index contributed by atoms with van der Waals surface area (Å²) in [5.41, 5.74) is 3.22. The average Bonchev–Trinajstić information content (AvgIpc) is 3.02. The maximum Gasteiger partial charge on any atom is 0.387 e. The molecule has 0 saturated carbocycles. The molecular weight excluding hydrogens is 386 g/mol. The number of carbonyl (C=O) groups is 2. The Labute approximate surface area is 165 Å². The number of ether oxygens (including phenoxy) is 1. The summed E-state index contributed by atoms with van der Waals surface area (Å²) in [6.07, 6.45) is 0.880. The molecule has 146 valence electrons. The minimum atomic E-state index is -2.85. The van der Waals surface area contributed by atoms with E-state index >= 15 is 0 Å². The minimum absolute atomic E-state index is 0.136. The molecule has 1 N–H and O–H groups in total. The molecular formula is C20H18F2N2O3S. The van der Waals surface area contributed by atoms with Crippen LogP contribution in [-0.4, -0.2) is 22.7 Å². The Morgan fingerprint density at radius 1 is 1.11 bits per heavy atom. The van der Waals surface area contributed by atoms with Gasteiger partial charge in [-0.15, -0.1) is 0 Å². The molecule has 5 nitrogen and oxygen atoms in total. The third-order valence-electron chi connectivity index (χ3n) is 4.83. The van der Waals surface area contributed by atoms with E-state index < -0.39 is 6.61 Å². The third-order valence-corrected chi connectivity index (χ3v) is 5.81. The number of fused-ring (bicyclic) bond motifs is 1. The van der Waals surface area contributed by atoms with Crippen molar-refractivity contribution in [3.05, 3.63) is 59.2 Å². The van der Waals surface area contributed by atoms with E-state index in [4.69, 9.17) is 0 Å². The lowest BCUT2D eigenvalue weighted by atomic mass is 9.89. The number of alkyl halides is 2. The highest BCUT2D eigenvalue weighted by Gasteiger charge is 2.29. The zero-order valence-electron chi connectivity index (χ0n) is 14.9. The monoisotopic (exact) mass is 404 g/mol. The Bertz CT molecular complexity index is 922. The van der Waals surface area contributed by atoms with Crippen LogP contribution < -0.4 is 10.1 Å². The molecule has 2 heterocycles. The summed E-state index contributed by atoms with van der Waals surface area (Å²) in [5, 5.41) is 2.40. The molecule has 2 aliphatic rings. The predicted octanol–water partition coefficient (Wildman–Crippen LogP) is 3.83. The van der Waals surface area contributed by atoms with Crippen LogP contribution >= 0.6 is 11.9 Å². The van der Waals surface area contributed by atoms with Crippen molar-refractivity contribution in [1.29, 1.82) is 0 Å². The van der Waals surface area contributed by atoms with E-state index in [2.05, 4.69) is 14.4 Å². The topological polar surface area (TPSA) is 58.6 Å². The quantitative estimate of drug-likeness (QED) is 0.606. The van der Waals surface area contributed by atoms with Crippen LogP contribution in [-0.2, 0) is 22.7 Å². The first-order valence-electron chi connectivity index (χ1n) is 8.91. The summed E-state index contributed by atoms with van der Waals surface area (Å²) in [4.78, 5) is 24.3. The lowest BCUT2D eigenvalue weighted by molar-refractivity contribution is -0.134. The van der Waals surface area contributed by atoms with Crippen molar-refractivity contribution in [3.63, 3.8) is 0 Å².